The van der Waals surface area contributed by atoms with Crippen LogP contribution in [0.15, 0.2) is 42.5 Å². The van der Waals surface area contributed by atoms with Crippen LogP contribution in [0, 0.1) is 0 Å². The van der Waals surface area contributed by atoms with Gasteiger partial charge in [0.1, 0.15) is 6.29 Å². The van der Waals surface area contributed by atoms with Crippen LogP contribution in [-0.2, 0) is 12.8 Å². The molecule has 1 N–H and O–H groups in total. The van der Waals surface area contributed by atoms with Gasteiger partial charge in [-0.1, -0.05) is 6.07 Å². The number of aldehydes is 1. The minimum Gasteiger partial charge on any atom is -0.322 e. The van der Waals surface area contributed by atoms with Crippen LogP contribution in [0.2, 0.25) is 0 Å². The summed E-state index contributed by atoms with van der Waals surface area (Å²) in [4.78, 5) is 22.8. The highest BCUT2D eigenvalue weighted by atomic mass is 16.1. The topological polar surface area (TPSA) is 46.2 Å². The molecule has 1 aliphatic rings. The first-order valence-corrected chi connectivity index (χ1v) is 6.75. The second-order valence-corrected chi connectivity index (χ2v) is 5.03. The lowest BCUT2D eigenvalue weighted by molar-refractivity contribution is 0.102. The predicted octanol–water partition coefficient (Wildman–Crippen LogP) is 3.24. The molecule has 0 radical (unpaired) electrons. The molecule has 1 amide bonds. The van der Waals surface area contributed by atoms with E-state index in [4.69, 9.17) is 0 Å². The summed E-state index contributed by atoms with van der Waals surface area (Å²) in [5.74, 6) is -0.112. The van der Waals surface area contributed by atoms with E-state index in [1.807, 2.05) is 18.2 Å². The molecule has 0 spiro atoms. The van der Waals surface area contributed by atoms with Crippen LogP contribution in [0.1, 0.15) is 38.3 Å². The van der Waals surface area contributed by atoms with Gasteiger partial charge in [0.2, 0.25) is 0 Å². The normalized spacial score (nSPS) is 12.8. The highest BCUT2D eigenvalue weighted by Crippen LogP contribution is 2.23. The quantitative estimate of drug-likeness (QED) is 0.866. The first kappa shape index (κ1) is 12.6. The fraction of sp³-hybridized carbons (Fsp3) is 0.176. The highest BCUT2D eigenvalue weighted by Gasteiger charge is 2.13. The van der Waals surface area contributed by atoms with E-state index in [-0.39, 0.29) is 5.91 Å². The molecule has 20 heavy (non-hydrogen) atoms. The summed E-state index contributed by atoms with van der Waals surface area (Å²) in [6.07, 6.45) is 4.13. The molecule has 0 saturated heterocycles. The van der Waals surface area contributed by atoms with E-state index in [1.165, 1.54) is 17.5 Å². The Bertz CT molecular complexity index is 659. The molecule has 1 aliphatic carbocycles. The second-order valence-electron chi connectivity index (χ2n) is 5.03. The molecule has 0 aromatic heterocycles. The van der Waals surface area contributed by atoms with Crippen LogP contribution >= 0.6 is 0 Å². The van der Waals surface area contributed by atoms with E-state index in [0.717, 1.165) is 19.1 Å². The van der Waals surface area contributed by atoms with E-state index in [0.29, 0.717) is 16.8 Å². The van der Waals surface area contributed by atoms with Gasteiger partial charge < -0.3 is 5.32 Å². The Morgan fingerprint density at radius 3 is 2.50 bits per heavy atom. The number of carbonyl (C=O) groups is 2. The number of amides is 1. The molecule has 0 unspecified atom stereocenters. The monoisotopic (exact) mass is 265 g/mol. The van der Waals surface area contributed by atoms with E-state index in [9.17, 15) is 9.59 Å². The lowest BCUT2D eigenvalue weighted by Gasteiger charge is -2.07. The number of fused-ring (bicyclic) bond motifs is 1. The van der Waals surface area contributed by atoms with Gasteiger partial charge in [-0.3, -0.25) is 9.59 Å². The molecule has 0 saturated carbocycles. The van der Waals surface area contributed by atoms with Crippen molar-refractivity contribution in [3.63, 3.8) is 0 Å². The van der Waals surface area contributed by atoms with E-state index >= 15 is 0 Å². The van der Waals surface area contributed by atoms with Crippen molar-refractivity contribution in [2.24, 2.45) is 0 Å². The Kier molecular flexibility index (Phi) is 3.33. The van der Waals surface area contributed by atoms with Crippen molar-refractivity contribution in [1.29, 1.82) is 0 Å². The average molecular weight is 265 g/mol. The van der Waals surface area contributed by atoms with Crippen LogP contribution in [-0.4, -0.2) is 12.2 Å². The third kappa shape index (κ3) is 2.48. The fourth-order valence-electron chi connectivity index (χ4n) is 2.56. The Morgan fingerprint density at radius 2 is 1.75 bits per heavy atom. The van der Waals surface area contributed by atoms with Crippen LogP contribution in [0.5, 0.6) is 0 Å². The van der Waals surface area contributed by atoms with Crippen LogP contribution in [0.4, 0.5) is 5.69 Å². The number of benzene rings is 2. The molecule has 3 heteroatoms. The van der Waals surface area contributed by atoms with Crippen molar-refractivity contribution in [2.45, 2.75) is 19.3 Å². The van der Waals surface area contributed by atoms with Gasteiger partial charge in [0.05, 0.1) is 0 Å². The van der Waals surface area contributed by atoms with Gasteiger partial charge in [-0.05, 0) is 66.8 Å². The van der Waals surface area contributed by atoms with E-state index in [2.05, 4.69) is 5.32 Å². The Labute approximate surface area is 117 Å². The lowest BCUT2D eigenvalue weighted by Crippen LogP contribution is -2.12. The molecule has 100 valence electrons. The lowest BCUT2D eigenvalue weighted by atomic mass is 10.1. The molecule has 0 heterocycles. The van der Waals surface area contributed by atoms with Gasteiger partial charge >= 0.3 is 0 Å². The zero-order chi connectivity index (χ0) is 13.9. The number of rotatable bonds is 3. The number of anilines is 1. The molecule has 2 aromatic rings. The number of hydrogen-bond acceptors (Lipinski definition) is 2. The summed E-state index contributed by atoms with van der Waals surface area (Å²) in [7, 11) is 0. The van der Waals surface area contributed by atoms with Crippen molar-refractivity contribution in [2.75, 3.05) is 5.32 Å². The fourth-order valence-corrected chi connectivity index (χ4v) is 2.56. The summed E-state index contributed by atoms with van der Waals surface area (Å²) in [6, 6.07) is 12.7. The van der Waals surface area contributed by atoms with Crippen molar-refractivity contribution >= 4 is 17.9 Å². The van der Waals surface area contributed by atoms with Crippen molar-refractivity contribution in [3.05, 3.63) is 64.7 Å². The first-order valence-electron chi connectivity index (χ1n) is 6.75. The van der Waals surface area contributed by atoms with Crippen LogP contribution < -0.4 is 5.32 Å². The number of nitrogens with one attached hydrogen (secondary N) is 1. The van der Waals surface area contributed by atoms with E-state index in [1.54, 1.807) is 24.3 Å². The molecular formula is C17H15NO2. The SMILES string of the molecule is O=Cc1ccc(NC(=O)c2ccc3c(c2)CCC3)cc1. The van der Waals surface area contributed by atoms with Crippen molar-refractivity contribution < 1.29 is 9.59 Å². The maximum Gasteiger partial charge on any atom is 0.255 e. The Hall–Kier alpha value is -2.42. The summed E-state index contributed by atoms with van der Waals surface area (Å²) in [5.41, 5.74) is 4.62. The summed E-state index contributed by atoms with van der Waals surface area (Å²) >= 11 is 0. The maximum absolute atomic E-state index is 12.2. The van der Waals surface area contributed by atoms with Gasteiger partial charge in [0, 0.05) is 16.8 Å². The summed E-state index contributed by atoms with van der Waals surface area (Å²) in [6.45, 7) is 0. The molecular weight excluding hydrogens is 250 g/mol. The molecule has 3 rings (SSSR count). The maximum atomic E-state index is 12.2. The first-order chi connectivity index (χ1) is 9.76. The molecule has 2 aromatic carbocycles. The van der Waals surface area contributed by atoms with Crippen molar-refractivity contribution in [3.8, 4) is 0 Å². The third-order valence-corrected chi connectivity index (χ3v) is 3.67. The van der Waals surface area contributed by atoms with Gasteiger partial charge in [0.15, 0.2) is 0 Å². The van der Waals surface area contributed by atoms with Gasteiger partial charge in [0.25, 0.3) is 5.91 Å². The summed E-state index contributed by atoms with van der Waals surface area (Å²) in [5, 5.41) is 2.85. The Balaban J connectivity index is 1.76. The molecule has 0 aliphatic heterocycles. The third-order valence-electron chi connectivity index (χ3n) is 3.67. The second kappa shape index (κ2) is 5.29. The smallest absolute Gasteiger partial charge is 0.255 e. The number of carbonyl (C=O) groups excluding carboxylic acids is 2. The average Bonchev–Trinajstić information content (AvgIpc) is 2.95. The van der Waals surface area contributed by atoms with Crippen LogP contribution in [0.25, 0.3) is 0 Å². The zero-order valence-electron chi connectivity index (χ0n) is 11.1. The number of hydrogen-bond donors (Lipinski definition) is 1. The molecule has 0 fully saturated rings. The zero-order valence-corrected chi connectivity index (χ0v) is 11.1. The predicted molar refractivity (Wildman–Crippen MR) is 78.2 cm³/mol. The Morgan fingerprint density at radius 1 is 1.00 bits per heavy atom. The van der Waals surface area contributed by atoms with Gasteiger partial charge in [-0.2, -0.15) is 0 Å². The largest absolute Gasteiger partial charge is 0.322 e. The minimum absolute atomic E-state index is 0.112. The van der Waals surface area contributed by atoms with Crippen LogP contribution in [0.3, 0.4) is 0 Å². The highest BCUT2D eigenvalue weighted by molar-refractivity contribution is 6.04. The minimum atomic E-state index is -0.112. The van der Waals surface area contributed by atoms with Crippen molar-refractivity contribution in [1.82, 2.24) is 0 Å². The molecule has 0 bridgehead atoms. The number of aryl methyl sites for hydroxylation is 2. The summed E-state index contributed by atoms with van der Waals surface area (Å²) < 4.78 is 0. The molecule has 0 atom stereocenters. The standard InChI is InChI=1S/C17H15NO2/c19-11-12-4-8-16(9-5-12)18-17(20)15-7-6-13-2-1-3-14(13)10-15/h4-11H,1-3H2,(H,18,20). The van der Waals surface area contributed by atoms with E-state index < -0.39 is 0 Å². The van der Waals surface area contributed by atoms with Gasteiger partial charge in [-0.25, -0.2) is 0 Å². The van der Waals surface area contributed by atoms with Gasteiger partial charge in [-0.15, -0.1) is 0 Å². The molecule has 3 nitrogen and oxygen atoms in total.